The predicted octanol–water partition coefficient (Wildman–Crippen LogP) is 3.90. The number of H-pyrrole nitrogens is 1. The van der Waals surface area contributed by atoms with E-state index in [1.807, 2.05) is 32.9 Å². The lowest BCUT2D eigenvalue weighted by Crippen LogP contribution is -2.27. The molecule has 0 aliphatic rings. The highest BCUT2D eigenvalue weighted by Gasteiger charge is 2.16. The average molecular weight is 424 g/mol. The number of aromatic nitrogens is 2. The van der Waals surface area contributed by atoms with Gasteiger partial charge in [-0.25, -0.2) is 4.98 Å². The first-order valence-corrected chi connectivity index (χ1v) is 9.91. The minimum Gasteiger partial charge on any atom is -0.352 e. The van der Waals surface area contributed by atoms with Crippen molar-refractivity contribution in [2.45, 2.75) is 27.3 Å². The molecule has 0 radical (unpaired) electrons. The van der Waals surface area contributed by atoms with Gasteiger partial charge in [0.2, 0.25) is 11.7 Å². The summed E-state index contributed by atoms with van der Waals surface area (Å²) in [6.07, 6.45) is 0. The molecule has 1 heterocycles. The van der Waals surface area contributed by atoms with Crippen molar-refractivity contribution in [3.05, 3.63) is 86.3 Å². The summed E-state index contributed by atoms with van der Waals surface area (Å²) < 4.78 is 0. The third kappa shape index (κ3) is 5.02. The summed E-state index contributed by atoms with van der Waals surface area (Å²) in [7, 11) is 0. The summed E-state index contributed by atoms with van der Waals surface area (Å²) in [5.41, 5.74) is 2.32. The fraction of sp³-hybridized carbons (Fsp3) is 0.217. The lowest BCUT2D eigenvalue weighted by atomic mass is 10.1. The lowest BCUT2D eigenvalue weighted by molar-refractivity contribution is -0.124. The standard InChI is InChI=1S/C23H22ClN3O3/c1-13(2)23(30)25-12-15-6-9-18(24)17(10-15)22-26-19(11-20(28)27-22)21(29)16-7-4-14(3)5-8-16/h4-11,13H,12H2,1-3H3,(H,25,30)(H,26,27,28). The zero-order valence-corrected chi connectivity index (χ0v) is 17.7. The number of halogens is 1. The minimum absolute atomic E-state index is 0.0344. The second-order valence-corrected chi connectivity index (χ2v) is 7.77. The largest absolute Gasteiger partial charge is 0.352 e. The van der Waals surface area contributed by atoms with Gasteiger partial charge in [-0.1, -0.05) is 61.3 Å². The number of nitrogens with zero attached hydrogens (tertiary/aromatic N) is 1. The summed E-state index contributed by atoms with van der Waals surface area (Å²) >= 11 is 6.33. The molecular weight excluding hydrogens is 402 g/mol. The van der Waals surface area contributed by atoms with E-state index in [1.165, 1.54) is 6.07 Å². The minimum atomic E-state index is -0.454. The monoisotopic (exact) mass is 423 g/mol. The average Bonchev–Trinajstić information content (AvgIpc) is 2.72. The van der Waals surface area contributed by atoms with Crippen LogP contribution in [0.1, 0.15) is 41.0 Å². The van der Waals surface area contributed by atoms with Gasteiger partial charge < -0.3 is 10.3 Å². The van der Waals surface area contributed by atoms with Crippen LogP contribution in [0.25, 0.3) is 11.4 Å². The maximum atomic E-state index is 12.8. The van der Waals surface area contributed by atoms with Crippen molar-refractivity contribution in [3.8, 4) is 11.4 Å². The Morgan fingerprint density at radius 3 is 2.47 bits per heavy atom. The van der Waals surface area contributed by atoms with Crippen molar-refractivity contribution < 1.29 is 9.59 Å². The highest BCUT2D eigenvalue weighted by molar-refractivity contribution is 6.33. The second-order valence-electron chi connectivity index (χ2n) is 7.36. The molecule has 0 saturated heterocycles. The Kier molecular flexibility index (Phi) is 6.47. The first-order chi connectivity index (χ1) is 14.2. The van der Waals surface area contributed by atoms with Gasteiger partial charge in [-0.2, -0.15) is 0 Å². The highest BCUT2D eigenvalue weighted by Crippen LogP contribution is 2.26. The topological polar surface area (TPSA) is 91.9 Å². The summed E-state index contributed by atoms with van der Waals surface area (Å²) in [4.78, 5) is 43.8. The molecule has 0 aliphatic heterocycles. The molecule has 0 atom stereocenters. The van der Waals surface area contributed by atoms with E-state index in [1.54, 1.807) is 30.3 Å². The van der Waals surface area contributed by atoms with Crippen molar-refractivity contribution in [1.29, 1.82) is 0 Å². The number of aromatic amines is 1. The molecule has 1 aromatic heterocycles. The third-order valence-electron chi connectivity index (χ3n) is 4.57. The van der Waals surface area contributed by atoms with Crippen LogP contribution in [0.3, 0.4) is 0 Å². The van der Waals surface area contributed by atoms with Gasteiger partial charge in [-0.05, 0) is 24.6 Å². The zero-order valence-electron chi connectivity index (χ0n) is 17.0. The van der Waals surface area contributed by atoms with Gasteiger partial charge in [0, 0.05) is 29.7 Å². The van der Waals surface area contributed by atoms with Gasteiger partial charge in [0.15, 0.2) is 0 Å². The van der Waals surface area contributed by atoms with Crippen LogP contribution in [-0.2, 0) is 11.3 Å². The Morgan fingerprint density at radius 1 is 1.10 bits per heavy atom. The van der Waals surface area contributed by atoms with Crippen molar-refractivity contribution in [2.24, 2.45) is 5.92 Å². The van der Waals surface area contributed by atoms with Gasteiger partial charge in [-0.3, -0.25) is 14.4 Å². The Balaban J connectivity index is 1.95. The third-order valence-corrected chi connectivity index (χ3v) is 4.89. The molecule has 0 spiro atoms. The van der Waals surface area contributed by atoms with Gasteiger partial charge in [0.25, 0.3) is 5.56 Å². The molecule has 7 heteroatoms. The zero-order chi connectivity index (χ0) is 21.8. The maximum absolute atomic E-state index is 12.8. The Hall–Kier alpha value is -3.25. The predicted molar refractivity (Wildman–Crippen MR) is 117 cm³/mol. The second kappa shape index (κ2) is 9.05. The van der Waals surface area contributed by atoms with Crippen LogP contribution in [0.4, 0.5) is 0 Å². The molecular formula is C23H22ClN3O3. The van der Waals surface area contributed by atoms with Crippen molar-refractivity contribution in [3.63, 3.8) is 0 Å². The molecule has 154 valence electrons. The van der Waals surface area contributed by atoms with E-state index in [0.29, 0.717) is 22.7 Å². The number of nitrogens with one attached hydrogen (secondary N) is 2. The molecule has 0 bridgehead atoms. The van der Waals surface area contributed by atoms with Crippen LogP contribution >= 0.6 is 11.6 Å². The number of carbonyl (C=O) groups excluding carboxylic acids is 2. The van der Waals surface area contributed by atoms with Crippen LogP contribution in [0.15, 0.2) is 53.3 Å². The summed E-state index contributed by atoms with van der Waals surface area (Å²) in [5.74, 6) is -0.346. The molecule has 0 saturated carbocycles. The summed E-state index contributed by atoms with van der Waals surface area (Å²) in [5, 5.41) is 3.21. The van der Waals surface area contributed by atoms with Crippen LogP contribution in [0.5, 0.6) is 0 Å². The molecule has 2 aromatic carbocycles. The molecule has 3 rings (SSSR count). The Morgan fingerprint density at radius 2 is 1.80 bits per heavy atom. The number of rotatable bonds is 6. The van der Waals surface area contributed by atoms with E-state index < -0.39 is 5.56 Å². The lowest BCUT2D eigenvalue weighted by Gasteiger charge is -2.11. The number of carbonyl (C=O) groups is 2. The summed E-state index contributed by atoms with van der Waals surface area (Å²) in [6.45, 7) is 5.87. The number of ketones is 1. The molecule has 30 heavy (non-hydrogen) atoms. The quantitative estimate of drug-likeness (QED) is 0.588. The van der Waals surface area contributed by atoms with E-state index in [-0.39, 0.29) is 29.1 Å². The normalized spacial score (nSPS) is 10.8. The number of amides is 1. The Bertz CT molecular complexity index is 1150. The smallest absolute Gasteiger partial charge is 0.251 e. The fourth-order valence-electron chi connectivity index (χ4n) is 2.81. The van der Waals surface area contributed by atoms with Crippen molar-refractivity contribution in [2.75, 3.05) is 0 Å². The van der Waals surface area contributed by atoms with E-state index in [9.17, 15) is 14.4 Å². The van der Waals surface area contributed by atoms with E-state index >= 15 is 0 Å². The SMILES string of the molecule is Cc1ccc(C(=O)c2cc(=O)[nH]c(-c3cc(CNC(=O)C(C)C)ccc3Cl)n2)cc1. The molecule has 1 amide bonds. The van der Waals surface area contributed by atoms with Gasteiger partial charge in [0.1, 0.15) is 11.5 Å². The molecule has 3 aromatic rings. The van der Waals surface area contributed by atoms with Crippen LogP contribution < -0.4 is 10.9 Å². The summed E-state index contributed by atoms with van der Waals surface area (Å²) in [6, 6.07) is 13.4. The first-order valence-electron chi connectivity index (χ1n) is 9.54. The van der Waals surface area contributed by atoms with E-state index in [2.05, 4.69) is 15.3 Å². The van der Waals surface area contributed by atoms with Crippen LogP contribution in [0, 0.1) is 12.8 Å². The van der Waals surface area contributed by atoms with Gasteiger partial charge in [0.05, 0.1) is 5.02 Å². The maximum Gasteiger partial charge on any atom is 0.251 e. The van der Waals surface area contributed by atoms with Crippen molar-refractivity contribution >= 4 is 23.3 Å². The number of benzene rings is 2. The fourth-order valence-corrected chi connectivity index (χ4v) is 3.02. The van der Waals surface area contributed by atoms with E-state index in [0.717, 1.165) is 11.1 Å². The molecule has 2 N–H and O–H groups in total. The van der Waals surface area contributed by atoms with E-state index in [4.69, 9.17) is 11.6 Å². The Labute approximate surface area is 179 Å². The van der Waals surface area contributed by atoms with Crippen LogP contribution in [-0.4, -0.2) is 21.7 Å². The molecule has 0 fully saturated rings. The number of hydrogen-bond donors (Lipinski definition) is 2. The molecule has 0 unspecified atom stereocenters. The number of hydrogen-bond acceptors (Lipinski definition) is 4. The first kappa shape index (κ1) is 21.5. The van der Waals surface area contributed by atoms with Crippen LogP contribution in [0.2, 0.25) is 5.02 Å². The number of aryl methyl sites for hydroxylation is 1. The van der Waals surface area contributed by atoms with Gasteiger partial charge >= 0.3 is 0 Å². The molecule has 0 aliphatic carbocycles. The molecule has 6 nitrogen and oxygen atoms in total. The highest BCUT2D eigenvalue weighted by atomic mass is 35.5. The van der Waals surface area contributed by atoms with Gasteiger partial charge in [-0.15, -0.1) is 0 Å². The van der Waals surface area contributed by atoms with Crippen molar-refractivity contribution in [1.82, 2.24) is 15.3 Å².